The average Bonchev–Trinajstić information content (AvgIpc) is 2.33. The molecule has 20 heavy (non-hydrogen) atoms. The van der Waals surface area contributed by atoms with Gasteiger partial charge in [-0.15, -0.1) is 0 Å². The maximum Gasteiger partial charge on any atom is 0.261 e. The Morgan fingerprint density at radius 3 is 2.60 bits per heavy atom. The van der Waals surface area contributed by atoms with Crippen LogP contribution < -0.4 is 10.1 Å². The van der Waals surface area contributed by atoms with Crippen molar-refractivity contribution in [2.45, 2.75) is 18.7 Å². The minimum Gasteiger partial charge on any atom is -0.483 e. The van der Waals surface area contributed by atoms with Crippen molar-refractivity contribution >= 4 is 41.6 Å². The largest absolute Gasteiger partial charge is 0.483 e. The van der Waals surface area contributed by atoms with Crippen molar-refractivity contribution in [1.29, 1.82) is 0 Å². The van der Waals surface area contributed by atoms with Crippen LogP contribution in [0.4, 0.5) is 0 Å². The summed E-state index contributed by atoms with van der Waals surface area (Å²) in [7, 11) is 1.44. The predicted molar refractivity (Wildman–Crippen MR) is 80.5 cm³/mol. The number of carbonyl (C=O) groups is 1. The third kappa shape index (κ3) is 5.68. The number of ether oxygens (including phenoxy) is 1. The smallest absolute Gasteiger partial charge is 0.261 e. The van der Waals surface area contributed by atoms with Gasteiger partial charge in [0.05, 0.1) is 9.37 Å². The van der Waals surface area contributed by atoms with Crippen LogP contribution in [0.3, 0.4) is 0 Å². The SMILES string of the molecule is CC(C)CNC(=O)COc1ccc(S(=O)(=O)Cl)cc1Br. The van der Waals surface area contributed by atoms with Crippen molar-refractivity contribution < 1.29 is 17.9 Å². The number of halogens is 2. The maximum atomic E-state index is 11.5. The van der Waals surface area contributed by atoms with Crippen LogP contribution in [0.2, 0.25) is 0 Å². The summed E-state index contributed by atoms with van der Waals surface area (Å²) in [6, 6.07) is 4.08. The summed E-state index contributed by atoms with van der Waals surface area (Å²) in [4.78, 5) is 11.5. The normalized spacial score (nSPS) is 11.4. The lowest BCUT2D eigenvalue weighted by molar-refractivity contribution is -0.123. The second-order valence-electron chi connectivity index (χ2n) is 4.52. The number of carbonyl (C=O) groups excluding carboxylic acids is 1. The van der Waals surface area contributed by atoms with E-state index in [0.29, 0.717) is 22.7 Å². The molecule has 8 heteroatoms. The summed E-state index contributed by atoms with van der Waals surface area (Å²) >= 11 is 3.17. The van der Waals surface area contributed by atoms with Crippen molar-refractivity contribution in [1.82, 2.24) is 5.32 Å². The van der Waals surface area contributed by atoms with Gasteiger partial charge in [0.2, 0.25) is 0 Å². The monoisotopic (exact) mass is 383 g/mol. The first-order valence-corrected chi connectivity index (χ1v) is 8.94. The van der Waals surface area contributed by atoms with Gasteiger partial charge in [-0.1, -0.05) is 13.8 Å². The van der Waals surface area contributed by atoms with Gasteiger partial charge in [-0.3, -0.25) is 4.79 Å². The topological polar surface area (TPSA) is 72.5 Å². The summed E-state index contributed by atoms with van der Waals surface area (Å²) in [5.41, 5.74) is 0. The fourth-order valence-corrected chi connectivity index (χ4v) is 2.68. The van der Waals surface area contributed by atoms with Crippen LogP contribution in [-0.2, 0) is 13.8 Å². The standard InChI is InChI=1S/C12H15BrClNO4S/c1-8(2)6-15-12(16)7-19-11-4-3-9(5-10(11)13)20(14,17)18/h3-5,8H,6-7H2,1-2H3,(H,15,16). The lowest BCUT2D eigenvalue weighted by Crippen LogP contribution is -2.31. The van der Waals surface area contributed by atoms with Crippen LogP contribution in [0.25, 0.3) is 0 Å². The highest BCUT2D eigenvalue weighted by Gasteiger charge is 2.13. The molecular formula is C12H15BrClNO4S. The molecule has 0 aromatic heterocycles. The van der Waals surface area contributed by atoms with Crippen molar-refractivity contribution in [3.63, 3.8) is 0 Å². The summed E-state index contributed by atoms with van der Waals surface area (Å²) < 4.78 is 28.0. The van der Waals surface area contributed by atoms with E-state index in [9.17, 15) is 13.2 Å². The van der Waals surface area contributed by atoms with E-state index in [1.165, 1.54) is 18.2 Å². The van der Waals surface area contributed by atoms with Crippen LogP contribution in [0, 0.1) is 5.92 Å². The van der Waals surface area contributed by atoms with Crippen molar-refractivity contribution in [3.8, 4) is 5.75 Å². The zero-order chi connectivity index (χ0) is 15.3. The molecule has 0 aliphatic rings. The van der Waals surface area contributed by atoms with Gasteiger partial charge in [-0.25, -0.2) is 8.42 Å². The van der Waals surface area contributed by atoms with Crippen LogP contribution in [0.5, 0.6) is 5.75 Å². The molecule has 1 N–H and O–H groups in total. The fourth-order valence-electron chi connectivity index (χ4n) is 1.26. The first kappa shape index (κ1) is 17.3. The van der Waals surface area contributed by atoms with Crippen LogP contribution in [-0.4, -0.2) is 27.5 Å². The minimum atomic E-state index is -3.78. The molecule has 0 bridgehead atoms. The first-order chi connectivity index (χ1) is 9.20. The Kier molecular flexibility index (Phi) is 6.29. The molecule has 5 nitrogen and oxygen atoms in total. The molecule has 0 radical (unpaired) electrons. The molecule has 112 valence electrons. The number of rotatable bonds is 6. The third-order valence-corrected chi connectivity index (χ3v) is 4.22. The predicted octanol–water partition coefficient (Wildman–Crippen LogP) is 2.53. The molecule has 0 spiro atoms. The highest BCUT2D eigenvalue weighted by atomic mass is 79.9. The van der Waals surface area contributed by atoms with Crippen LogP contribution in [0.1, 0.15) is 13.8 Å². The molecule has 0 aliphatic heterocycles. The van der Waals surface area contributed by atoms with Gasteiger partial charge in [0.1, 0.15) is 5.75 Å². The summed E-state index contributed by atoms with van der Waals surface area (Å²) in [6.45, 7) is 4.41. The van der Waals surface area contributed by atoms with E-state index in [4.69, 9.17) is 15.4 Å². The van der Waals surface area contributed by atoms with Gasteiger partial charge in [0.25, 0.3) is 15.0 Å². The Morgan fingerprint density at radius 1 is 1.45 bits per heavy atom. The second-order valence-corrected chi connectivity index (χ2v) is 7.94. The average molecular weight is 385 g/mol. The zero-order valence-electron chi connectivity index (χ0n) is 11.0. The van der Waals surface area contributed by atoms with E-state index in [2.05, 4.69) is 21.2 Å². The highest BCUT2D eigenvalue weighted by Crippen LogP contribution is 2.29. The summed E-state index contributed by atoms with van der Waals surface area (Å²) in [5.74, 6) is 0.493. The molecule has 0 fully saturated rings. The van der Waals surface area contributed by atoms with E-state index in [1.807, 2.05) is 13.8 Å². The van der Waals surface area contributed by atoms with Gasteiger partial charge in [-0.05, 0) is 40.0 Å². The molecule has 0 heterocycles. The maximum absolute atomic E-state index is 11.5. The van der Waals surface area contributed by atoms with Crippen LogP contribution >= 0.6 is 26.6 Å². The molecule has 1 aromatic rings. The molecular weight excluding hydrogens is 370 g/mol. The third-order valence-electron chi connectivity index (χ3n) is 2.25. The van der Waals surface area contributed by atoms with E-state index in [0.717, 1.165) is 0 Å². The summed E-state index contributed by atoms with van der Waals surface area (Å²) in [6.07, 6.45) is 0. The lowest BCUT2D eigenvalue weighted by Gasteiger charge is -2.10. The van der Waals surface area contributed by atoms with Crippen LogP contribution in [0.15, 0.2) is 27.6 Å². The Labute approximate surface area is 131 Å². The van der Waals surface area contributed by atoms with Gasteiger partial charge in [0, 0.05) is 17.2 Å². The van der Waals surface area contributed by atoms with Gasteiger partial charge in [-0.2, -0.15) is 0 Å². The van der Waals surface area contributed by atoms with Crippen molar-refractivity contribution in [3.05, 3.63) is 22.7 Å². The summed E-state index contributed by atoms with van der Waals surface area (Å²) in [5, 5.41) is 2.71. The fraction of sp³-hybridized carbons (Fsp3) is 0.417. The molecule has 0 aliphatic carbocycles. The van der Waals surface area contributed by atoms with Gasteiger partial charge < -0.3 is 10.1 Å². The number of hydrogen-bond donors (Lipinski definition) is 1. The van der Waals surface area contributed by atoms with E-state index in [1.54, 1.807) is 0 Å². The number of hydrogen-bond acceptors (Lipinski definition) is 4. The number of amides is 1. The molecule has 1 rings (SSSR count). The first-order valence-electron chi connectivity index (χ1n) is 5.84. The second kappa shape index (κ2) is 7.28. The Hall–Kier alpha value is -0.790. The number of benzene rings is 1. The number of nitrogens with one attached hydrogen (secondary N) is 1. The molecule has 0 atom stereocenters. The quantitative estimate of drug-likeness (QED) is 0.765. The Morgan fingerprint density at radius 2 is 2.10 bits per heavy atom. The zero-order valence-corrected chi connectivity index (χ0v) is 14.2. The molecule has 0 saturated heterocycles. The van der Waals surface area contributed by atoms with E-state index in [-0.39, 0.29) is 17.4 Å². The van der Waals surface area contributed by atoms with Gasteiger partial charge in [0.15, 0.2) is 6.61 Å². The Balaban J connectivity index is 2.64. The molecule has 1 aromatic carbocycles. The molecule has 0 unspecified atom stereocenters. The van der Waals surface area contributed by atoms with Gasteiger partial charge >= 0.3 is 0 Å². The van der Waals surface area contributed by atoms with E-state index >= 15 is 0 Å². The van der Waals surface area contributed by atoms with Crippen molar-refractivity contribution in [2.24, 2.45) is 5.92 Å². The molecule has 0 saturated carbocycles. The molecule has 1 amide bonds. The Bertz CT molecular complexity index is 589. The van der Waals surface area contributed by atoms with Crippen molar-refractivity contribution in [2.75, 3.05) is 13.2 Å². The highest BCUT2D eigenvalue weighted by molar-refractivity contribution is 9.10. The van der Waals surface area contributed by atoms with E-state index < -0.39 is 9.05 Å². The minimum absolute atomic E-state index is 0.0392. The lowest BCUT2D eigenvalue weighted by atomic mass is 10.2.